The van der Waals surface area contributed by atoms with Crippen molar-refractivity contribution < 1.29 is 19.0 Å². The molecule has 0 aliphatic rings. The third-order valence-electron chi connectivity index (χ3n) is 6.81. The minimum atomic E-state index is 0.0654. The predicted molar refractivity (Wildman–Crippen MR) is 159 cm³/mol. The van der Waals surface area contributed by atoms with Crippen molar-refractivity contribution in [3.8, 4) is 17.2 Å². The zero-order valence-corrected chi connectivity index (χ0v) is 24.6. The Morgan fingerprint density at radius 1 is 0.744 bits per heavy atom. The first-order chi connectivity index (χ1) is 18.7. The van der Waals surface area contributed by atoms with Gasteiger partial charge in [0.1, 0.15) is 17.2 Å². The standard InChI is InChI=1S/C34H45NO4/c1-23(2)32(27-14-18-29(19-15-27)39-25(5)6)22-34(36)35-21-20-30(31-10-8-9-11-33(31)37-7)26-12-16-28(17-13-26)38-24(3)4/h8-19,23-25,30,32H,20-22H2,1-7H3,(H,35,36)/t30-,32+/m1/s1. The lowest BCUT2D eigenvalue weighted by Crippen LogP contribution is -2.28. The number of rotatable bonds is 14. The van der Waals surface area contributed by atoms with E-state index in [1.165, 1.54) is 0 Å². The molecule has 5 nitrogen and oxygen atoms in total. The van der Waals surface area contributed by atoms with Gasteiger partial charge in [0.25, 0.3) is 0 Å². The highest BCUT2D eigenvalue weighted by atomic mass is 16.5. The molecule has 2 atom stereocenters. The average Bonchev–Trinajstić information content (AvgIpc) is 2.90. The highest BCUT2D eigenvalue weighted by Crippen LogP contribution is 2.35. The molecule has 0 saturated heterocycles. The second-order valence-electron chi connectivity index (χ2n) is 11.0. The van der Waals surface area contributed by atoms with E-state index < -0.39 is 0 Å². The van der Waals surface area contributed by atoms with Crippen LogP contribution < -0.4 is 19.5 Å². The van der Waals surface area contributed by atoms with E-state index in [4.69, 9.17) is 14.2 Å². The van der Waals surface area contributed by atoms with Gasteiger partial charge < -0.3 is 19.5 Å². The molecule has 3 aromatic carbocycles. The van der Waals surface area contributed by atoms with Crippen molar-refractivity contribution in [2.24, 2.45) is 5.92 Å². The first-order valence-electron chi connectivity index (χ1n) is 14.1. The van der Waals surface area contributed by atoms with Gasteiger partial charge in [-0.25, -0.2) is 0 Å². The summed E-state index contributed by atoms with van der Waals surface area (Å²) < 4.78 is 17.3. The minimum Gasteiger partial charge on any atom is -0.496 e. The second kappa shape index (κ2) is 14.6. The number of carbonyl (C=O) groups is 1. The summed E-state index contributed by atoms with van der Waals surface area (Å²) in [5.74, 6) is 3.16. The number of ether oxygens (including phenoxy) is 3. The lowest BCUT2D eigenvalue weighted by atomic mass is 9.85. The minimum absolute atomic E-state index is 0.0654. The van der Waals surface area contributed by atoms with Crippen molar-refractivity contribution in [2.75, 3.05) is 13.7 Å². The SMILES string of the molecule is COc1ccccc1[C@H](CCNC(=O)C[C@H](c1ccc(OC(C)C)cc1)C(C)C)c1ccc(OC(C)C)cc1. The van der Waals surface area contributed by atoms with Gasteiger partial charge in [-0.3, -0.25) is 4.79 Å². The van der Waals surface area contributed by atoms with Crippen LogP contribution in [0.2, 0.25) is 0 Å². The van der Waals surface area contributed by atoms with Gasteiger partial charge in [0.2, 0.25) is 5.91 Å². The van der Waals surface area contributed by atoms with Crippen LogP contribution in [-0.2, 0) is 4.79 Å². The highest BCUT2D eigenvalue weighted by molar-refractivity contribution is 5.77. The summed E-state index contributed by atoms with van der Waals surface area (Å²) in [5.41, 5.74) is 3.43. The molecule has 0 unspecified atom stereocenters. The van der Waals surface area contributed by atoms with Crippen molar-refractivity contribution in [1.82, 2.24) is 5.32 Å². The Morgan fingerprint density at radius 2 is 1.28 bits per heavy atom. The molecule has 1 N–H and O–H groups in total. The van der Waals surface area contributed by atoms with Gasteiger partial charge in [-0.2, -0.15) is 0 Å². The van der Waals surface area contributed by atoms with Crippen molar-refractivity contribution in [1.29, 1.82) is 0 Å². The van der Waals surface area contributed by atoms with Gasteiger partial charge in [0, 0.05) is 24.4 Å². The van der Waals surface area contributed by atoms with Gasteiger partial charge in [0.05, 0.1) is 19.3 Å². The number of methoxy groups -OCH3 is 1. The summed E-state index contributed by atoms with van der Waals surface area (Å²) in [5, 5.41) is 3.19. The normalized spacial score (nSPS) is 12.9. The number of para-hydroxylation sites is 1. The zero-order valence-electron chi connectivity index (χ0n) is 24.6. The maximum Gasteiger partial charge on any atom is 0.220 e. The topological polar surface area (TPSA) is 56.8 Å². The van der Waals surface area contributed by atoms with Gasteiger partial charge in [0.15, 0.2) is 0 Å². The van der Waals surface area contributed by atoms with E-state index in [0.717, 1.165) is 40.4 Å². The lowest BCUT2D eigenvalue weighted by molar-refractivity contribution is -0.121. The smallest absolute Gasteiger partial charge is 0.220 e. The molecule has 0 saturated carbocycles. The summed E-state index contributed by atoms with van der Waals surface area (Å²) in [6.45, 7) is 13.0. The summed E-state index contributed by atoms with van der Waals surface area (Å²) >= 11 is 0. The maximum atomic E-state index is 13.1. The molecule has 0 bridgehead atoms. The summed E-state index contributed by atoms with van der Waals surface area (Å²) in [6.07, 6.45) is 1.46. The molecule has 0 aliphatic carbocycles. The number of nitrogens with one attached hydrogen (secondary N) is 1. The third kappa shape index (κ3) is 9.05. The van der Waals surface area contributed by atoms with Crippen LogP contribution in [0.25, 0.3) is 0 Å². The van der Waals surface area contributed by atoms with Gasteiger partial charge in [-0.1, -0.05) is 56.3 Å². The molecule has 0 heterocycles. The predicted octanol–water partition coefficient (Wildman–Crippen LogP) is 7.74. The molecular formula is C34H45NO4. The number of hydrogen-bond acceptors (Lipinski definition) is 4. The van der Waals surface area contributed by atoms with Crippen LogP contribution in [0, 0.1) is 5.92 Å². The van der Waals surface area contributed by atoms with Crippen LogP contribution in [0.4, 0.5) is 0 Å². The van der Waals surface area contributed by atoms with Crippen LogP contribution >= 0.6 is 0 Å². The number of benzene rings is 3. The Labute approximate surface area is 234 Å². The van der Waals surface area contributed by atoms with Crippen LogP contribution in [-0.4, -0.2) is 31.8 Å². The van der Waals surface area contributed by atoms with Gasteiger partial charge in [-0.05, 0) is 87.4 Å². The fraction of sp³-hybridized carbons (Fsp3) is 0.441. The van der Waals surface area contributed by atoms with E-state index in [0.29, 0.717) is 18.9 Å². The number of carbonyl (C=O) groups excluding carboxylic acids is 1. The Bertz CT molecular complexity index is 1150. The first kappa shape index (κ1) is 30.1. The lowest BCUT2D eigenvalue weighted by Gasteiger charge is -2.23. The Morgan fingerprint density at radius 3 is 1.79 bits per heavy atom. The zero-order chi connectivity index (χ0) is 28.4. The van der Waals surface area contributed by atoms with Gasteiger partial charge >= 0.3 is 0 Å². The maximum absolute atomic E-state index is 13.1. The van der Waals surface area contributed by atoms with E-state index >= 15 is 0 Å². The Kier molecular flexibility index (Phi) is 11.3. The highest BCUT2D eigenvalue weighted by Gasteiger charge is 2.22. The van der Waals surface area contributed by atoms with Crippen molar-refractivity contribution in [3.05, 3.63) is 89.5 Å². The molecule has 0 aliphatic heterocycles. The first-order valence-corrected chi connectivity index (χ1v) is 14.1. The van der Waals surface area contributed by atoms with Crippen LogP contribution in [0.15, 0.2) is 72.8 Å². The monoisotopic (exact) mass is 531 g/mol. The molecule has 0 aromatic heterocycles. The van der Waals surface area contributed by atoms with Crippen molar-refractivity contribution >= 4 is 5.91 Å². The van der Waals surface area contributed by atoms with Crippen LogP contribution in [0.5, 0.6) is 17.2 Å². The van der Waals surface area contributed by atoms with E-state index in [-0.39, 0.29) is 30.0 Å². The number of hydrogen-bond donors (Lipinski definition) is 1. The molecule has 0 radical (unpaired) electrons. The average molecular weight is 532 g/mol. The molecule has 1 amide bonds. The van der Waals surface area contributed by atoms with E-state index in [2.05, 4.69) is 49.5 Å². The van der Waals surface area contributed by atoms with E-state index in [9.17, 15) is 4.79 Å². The molecule has 5 heteroatoms. The summed E-state index contributed by atoms with van der Waals surface area (Å²) in [4.78, 5) is 13.1. The van der Waals surface area contributed by atoms with E-state index in [1.807, 2.05) is 70.2 Å². The number of amides is 1. The van der Waals surface area contributed by atoms with Crippen LogP contribution in [0.1, 0.15) is 82.9 Å². The quantitative estimate of drug-likeness (QED) is 0.231. The molecule has 39 heavy (non-hydrogen) atoms. The Balaban J connectivity index is 1.69. The Hall–Kier alpha value is -3.47. The largest absolute Gasteiger partial charge is 0.496 e. The van der Waals surface area contributed by atoms with Crippen molar-refractivity contribution in [2.45, 2.75) is 78.4 Å². The third-order valence-corrected chi connectivity index (χ3v) is 6.81. The van der Waals surface area contributed by atoms with Crippen molar-refractivity contribution in [3.63, 3.8) is 0 Å². The second-order valence-corrected chi connectivity index (χ2v) is 11.0. The molecule has 0 fully saturated rings. The summed E-state index contributed by atoms with van der Waals surface area (Å²) in [6, 6.07) is 24.5. The molecule has 3 rings (SSSR count). The molecule has 210 valence electrons. The molecule has 0 spiro atoms. The molecule has 3 aromatic rings. The van der Waals surface area contributed by atoms with E-state index in [1.54, 1.807) is 7.11 Å². The molecular weight excluding hydrogens is 486 g/mol. The van der Waals surface area contributed by atoms with Gasteiger partial charge in [-0.15, -0.1) is 0 Å². The fourth-order valence-corrected chi connectivity index (χ4v) is 4.94. The van der Waals surface area contributed by atoms with Crippen LogP contribution in [0.3, 0.4) is 0 Å². The summed E-state index contributed by atoms with van der Waals surface area (Å²) in [7, 11) is 1.70. The fourth-order valence-electron chi connectivity index (χ4n) is 4.94.